The molecule has 136 valence electrons. The van der Waals surface area contributed by atoms with E-state index in [0.29, 0.717) is 13.1 Å². The summed E-state index contributed by atoms with van der Waals surface area (Å²) in [7, 11) is 0. The van der Waals surface area contributed by atoms with E-state index in [4.69, 9.17) is 0 Å². The smallest absolute Gasteiger partial charge is 0.226 e. The highest BCUT2D eigenvalue weighted by Crippen LogP contribution is 2.37. The van der Waals surface area contributed by atoms with Gasteiger partial charge >= 0.3 is 0 Å². The number of likely N-dealkylation sites (tertiary alicyclic amines) is 2. The van der Waals surface area contributed by atoms with Crippen molar-refractivity contribution in [3.63, 3.8) is 0 Å². The van der Waals surface area contributed by atoms with Gasteiger partial charge in [0.1, 0.15) is 0 Å². The number of carbonyl (C=O) groups excluding carboxylic acids is 2. The molecule has 0 bridgehead atoms. The number of aromatic nitrogens is 1. The van der Waals surface area contributed by atoms with E-state index in [9.17, 15) is 9.59 Å². The molecule has 3 heterocycles. The zero-order chi connectivity index (χ0) is 17.6. The van der Waals surface area contributed by atoms with E-state index in [2.05, 4.69) is 15.2 Å². The monoisotopic (exact) mass is 344 g/mol. The van der Waals surface area contributed by atoms with Crippen LogP contribution in [0.2, 0.25) is 0 Å². The molecule has 2 aliphatic rings. The Hall–Kier alpha value is -1.95. The van der Waals surface area contributed by atoms with Crippen LogP contribution >= 0.6 is 0 Å². The summed E-state index contributed by atoms with van der Waals surface area (Å²) in [6, 6.07) is 3.60. The number of carbonyl (C=O) groups is 2. The second-order valence-corrected chi connectivity index (χ2v) is 6.91. The van der Waals surface area contributed by atoms with Gasteiger partial charge in [0.05, 0.1) is 12.0 Å². The molecular formula is C19H28N4O2. The number of amides is 2. The topological polar surface area (TPSA) is 65.5 Å². The summed E-state index contributed by atoms with van der Waals surface area (Å²) in [5, 5.41) is 3.06. The lowest BCUT2D eigenvalue weighted by Crippen LogP contribution is -2.41. The summed E-state index contributed by atoms with van der Waals surface area (Å²) in [4.78, 5) is 33.5. The molecule has 6 nitrogen and oxygen atoms in total. The normalized spacial score (nSPS) is 24.5. The average Bonchev–Trinajstić information content (AvgIpc) is 2.99. The molecule has 0 aliphatic carbocycles. The number of nitrogens with zero attached hydrogens (tertiary/aromatic N) is 3. The van der Waals surface area contributed by atoms with Gasteiger partial charge in [0.25, 0.3) is 0 Å². The van der Waals surface area contributed by atoms with Gasteiger partial charge in [0.15, 0.2) is 0 Å². The largest absolute Gasteiger partial charge is 0.354 e. The Balaban J connectivity index is 1.62. The molecule has 2 aliphatic heterocycles. The summed E-state index contributed by atoms with van der Waals surface area (Å²) >= 11 is 0. The maximum atomic E-state index is 12.7. The number of nitrogens with one attached hydrogen (secondary N) is 1. The molecule has 1 aromatic rings. The van der Waals surface area contributed by atoms with Crippen LogP contribution in [0.1, 0.15) is 44.2 Å². The minimum Gasteiger partial charge on any atom is -0.354 e. The molecule has 3 rings (SSSR count). The summed E-state index contributed by atoms with van der Waals surface area (Å²) < 4.78 is 0. The zero-order valence-electron chi connectivity index (χ0n) is 15.0. The van der Waals surface area contributed by atoms with Crippen molar-refractivity contribution in [3.8, 4) is 0 Å². The quantitative estimate of drug-likeness (QED) is 0.851. The van der Waals surface area contributed by atoms with Crippen molar-refractivity contribution < 1.29 is 9.59 Å². The predicted octanol–water partition coefficient (Wildman–Crippen LogP) is 1.59. The van der Waals surface area contributed by atoms with Crippen molar-refractivity contribution in [3.05, 3.63) is 30.1 Å². The lowest BCUT2D eigenvalue weighted by molar-refractivity contribution is -0.129. The van der Waals surface area contributed by atoms with Crippen molar-refractivity contribution in [2.75, 3.05) is 32.7 Å². The maximum Gasteiger partial charge on any atom is 0.226 e. The first-order valence-corrected chi connectivity index (χ1v) is 9.40. The van der Waals surface area contributed by atoms with Gasteiger partial charge in [-0.15, -0.1) is 0 Å². The van der Waals surface area contributed by atoms with Crippen LogP contribution in [-0.2, 0) is 9.59 Å². The molecule has 2 atom stereocenters. The molecule has 0 radical (unpaired) electrons. The standard InChI is InChI=1S/C19H28N4O2/c1-2-23-17(24)13-16(18(23)15-7-6-8-20-14-15)19(25)21-9-12-22-10-4-3-5-11-22/h6-8,14,16,18H,2-5,9-13H2,1H3,(H,21,25)/t16-,18+/m0/s1. The second-order valence-electron chi connectivity index (χ2n) is 6.91. The van der Waals surface area contributed by atoms with Crippen LogP contribution in [0.5, 0.6) is 0 Å². The number of hydrogen-bond acceptors (Lipinski definition) is 4. The predicted molar refractivity (Wildman–Crippen MR) is 95.8 cm³/mol. The van der Waals surface area contributed by atoms with Crippen LogP contribution in [0, 0.1) is 5.92 Å². The Morgan fingerprint density at radius 3 is 2.80 bits per heavy atom. The third-order valence-corrected chi connectivity index (χ3v) is 5.31. The summed E-state index contributed by atoms with van der Waals surface area (Å²) in [6.45, 7) is 6.35. The maximum absolute atomic E-state index is 12.7. The third-order valence-electron chi connectivity index (χ3n) is 5.31. The Morgan fingerprint density at radius 2 is 2.12 bits per heavy atom. The summed E-state index contributed by atoms with van der Waals surface area (Å²) in [5.41, 5.74) is 0.936. The third kappa shape index (κ3) is 4.18. The van der Waals surface area contributed by atoms with E-state index in [0.717, 1.165) is 25.2 Å². The Kier molecular flexibility index (Phi) is 6.02. The first-order chi connectivity index (χ1) is 12.2. The van der Waals surface area contributed by atoms with Crippen LogP contribution < -0.4 is 5.32 Å². The first-order valence-electron chi connectivity index (χ1n) is 9.40. The fraction of sp³-hybridized carbons (Fsp3) is 0.632. The highest BCUT2D eigenvalue weighted by atomic mass is 16.2. The zero-order valence-corrected chi connectivity index (χ0v) is 15.0. The van der Waals surface area contributed by atoms with Crippen molar-refractivity contribution in [1.29, 1.82) is 0 Å². The van der Waals surface area contributed by atoms with Crippen LogP contribution in [-0.4, -0.2) is 59.3 Å². The summed E-state index contributed by atoms with van der Waals surface area (Å²) in [6.07, 6.45) is 7.57. The lowest BCUT2D eigenvalue weighted by atomic mass is 9.94. The molecule has 25 heavy (non-hydrogen) atoms. The Bertz CT molecular complexity index is 586. The van der Waals surface area contributed by atoms with Crippen LogP contribution in [0.25, 0.3) is 0 Å². The molecule has 0 unspecified atom stereocenters. The highest BCUT2D eigenvalue weighted by molar-refractivity contribution is 5.90. The van der Waals surface area contributed by atoms with E-state index < -0.39 is 0 Å². The van der Waals surface area contributed by atoms with Crippen molar-refractivity contribution in [1.82, 2.24) is 20.1 Å². The average molecular weight is 344 g/mol. The van der Waals surface area contributed by atoms with Gasteiger partial charge in [-0.3, -0.25) is 14.6 Å². The van der Waals surface area contributed by atoms with Gasteiger partial charge in [-0.1, -0.05) is 12.5 Å². The molecule has 2 saturated heterocycles. The minimum atomic E-state index is -0.335. The molecule has 0 aromatic carbocycles. The van der Waals surface area contributed by atoms with Gasteiger partial charge in [0.2, 0.25) is 11.8 Å². The molecular weight excluding hydrogens is 316 g/mol. The number of pyridine rings is 1. The minimum absolute atomic E-state index is 0.0184. The van der Waals surface area contributed by atoms with Crippen molar-refractivity contribution >= 4 is 11.8 Å². The van der Waals surface area contributed by atoms with Gasteiger partial charge in [0, 0.05) is 38.4 Å². The molecule has 1 N–H and O–H groups in total. The van der Waals surface area contributed by atoms with Gasteiger partial charge < -0.3 is 15.1 Å². The fourth-order valence-electron chi connectivity index (χ4n) is 4.01. The van der Waals surface area contributed by atoms with Gasteiger partial charge in [-0.05, 0) is 44.5 Å². The van der Waals surface area contributed by atoms with Crippen molar-refractivity contribution in [2.45, 2.75) is 38.6 Å². The van der Waals surface area contributed by atoms with Gasteiger partial charge in [-0.2, -0.15) is 0 Å². The van der Waals surface area contributed by atoms with Crippen molar-refractivity contribution in [2.24, 2.45) is 5.92 Å². The van der Waals surface area contributed by atoms with Crippen LogP contribution in [0.4, 0.5) is 0 Å². The number of piperidine rings is 1. The van der Waals surface area contributed by atoms with E-state index in [1.54, 1.807) is 17.3 Å². The fourth-order valence-corrected chi connectivity index (χ4v) is 4.01. The molecule has 0 spiro atoms. The van der Waals surface area contributed by atoms with E-state index >= 15 is 0 Å². The molecule has 2 amide bonds. The summed E-state index contributed by atoms with van der Waals surface area (Å²) in [5.74, 6) is -0.305. The SMILES string of the molecule is CCN1C(=O)C[C@H](C(=O)NCCN2CCCCC2)[C@H]1c1cccnc1. The van der Waals surface area contributed by atoms with E-state index in [1.807, 2.05) is 19.1 Å². The second kappa shape index (κ2) is 8.43. The Labute approximate surface area is 149 Å². The Morgan fingerprint density at radius 1 is 1.32 bits per heavy atom. The van der Waals surface area contributed by atoms with Gasteiger partial charge in [-0.25, -0.2) is 0 Å². The molecule has 2 fully saturated rings. The van der Waals surface area contributed by atoms with E-state index in [1.165, 1.54) is 19.3 Å². The number of rotatable bonds is 6. The molecule has 1 aromatic heterocycles. The number of hydrogen-bond donors (Lipinski definition) is 1. The van der Waals surface area contributed by atoms with Crippen LogP contribution in [0.3, 0.4) is 0 Å². The lowest BCUT2D eigenvalue weighted by Gasteiger charge is -2.28. The first kappa shape index (κ1) is 17.9. The molecule has 6 heteroatoms. The van der Waals surface area contributed by atoms with Crippen LogP contribution in [0.15, 0.2) is 24.5 Å². The molecule has 0 saturated carbocycles. The van der Waals surface area contributed by atoms with E-state index in [-0.39, 0.29) is 30.2 Å². The highest BCUT2D eigenvalue weighted by Gasteiger charge is 2.43.